The lowest BCUT2D eigenvalue weighted by Gasteiger charge is -2.17. The predicted molar refractivity (Wildman–Crippen MR) is 92.5 cm³/mol. The lowest BCUT2D eigenvalue weighted by Crippen LogP contribution is -2.43. The molecule has 2 unspecified atom stereocenters. The van der Waals surface area contributed by atoms with Crippen LogP contribution in [-0.4, -0.2) is 37.1 Å². The second-order valence-electron chi connectivity index (χ2n) is 4.97. The first-order chi connectivity index (χ1) is 9.71. The molecule has 2 rings (SSSR count). The molecule has 0 amide bonds. The van der Waals surface area contributed by atoms with Crippen LogP contribution in [0.15, 0.2) is 17.1 Å². The second-order valence-corrected chi connectivity index (χ2v) is 7.90. The topological polar surface area (TPSA) is 36.4 Å². The maximum atomic E-state index is 5.93. The molecule has 0 saturated heterocycles. The molecule has 1 aromatic heterocycles. The summed E-state index contributed by atoms with van der Waals surface area (Å²) < 4.78 is 0.858. The Morgan fingerprint density at radius 3 is 2.95 bits per heavy atom. The number of hydrogen-bond acceptors (Lipinski definition) is 3. The Morgan fingerprint density at radius 2 is 2.35 bits per heavy atom. The van der Waals surface area contributed by atoms with Gasteiger partial charge in [-0.1, -0.05) is 11.6 Å². The van der Waals surface area contributed by atoms with Gasteiger partial charge in [0.1, 0.15) is 0 Å². The number of guanidine groups is 1. The Bertz CT molecular complexity index is 447. The third-order valence-electron chi connectivity index (χ3n) is 3.57. The Labute approximate surface area is 134 Å². The fraction of sp³-hybridized carbons (Fsp3) is 0.643. The summed E-state index contributed by atoms with van der Waals surface area (Å²) in [6.07, 6.45) is 6.97. The van der Waals surface area contributed by atoms with Crippen LogP contribution in [0.1, 0.15) is 24.1 Å². The first-order valence-corrected chi connectivity index (χ1v) is 9.43. The molecular formula is C14H22ClN3S2. The smallest absolute Gasteiger partial charge is 0.191 e. The van der Waals surface area contributed by atoms with E-state index in [-0.39, 0.29) is 0 Å². The molecule has 20 heavy (non-hydrogen) atoms. The van der Waals surface area contributed by atoms with Crippen molar-refractivity contribution in [2.75, 3.05) is 19.8 Å². The first kappa shape index (κ1) is 16.0. The maximum Gasteiger partial charge on any atom is 0.191 e. The largest absolute Gasteiger partial charge is 0.356 e. The van der Waals surface area contributed by atoms with Crippen molar-refractivity contribution in [3.8, 4) is 0 Å². The van der Waals surface area contributed by atoms with Gasteiger partial charge in [0.25, 0.3) is 0 Å². The molecule has 6 heteroatoms. The van der Waals surface area contributed by atoms with Gasteiger partial charge in [-0.05, 0) is 44.1 Å². The van der Waals surface area contributed by atoms with E-state index >= 15 is 0 Å². The molecule has 0 aromatic carbocycles. The standard InChI is InChI=1S/C14H22ClN3S2/c1-16-14(18-10-3-4-12(9-10)19-2)17-8-7-11-5-6-13(15)20-11/h5-6,10,12H,3-4,7-9H2,1-2H3,(H2,16,17,18). The maximum absolute atomic E-state index is 5.93. The number of thioether (sulfide) groups is 1. The van der Waals surface area contributed by atoms with E-state index in [1.807, 2.05) is 24.9 Å². The average molecular weight is 332 g/mol. The number of nitrogens with zero attached hydrogens (tertiary/aromatic N) is 1. The minimum atomic E-state index is 0.565. The number of thiophene rings is 1. The van der Waals surface area contributed by atoms with Gasteiger partial charge in [0.15, 0.2) is 5.96 Å². The Kier molecular flexibility index (Phi) is 6.52. The summed E-state index contributed by atoms with van der Waals surface area (Å²) in [7, 11) is 1.83. The summed E-state index contributed by atoms with van der Waals surface area (Å²) in [6.45, 7) is 0.884. The van der Waals surface area contributed by atoms with E-state index in [2.05, 4.69) is 27.9 Å². The average Bonchev–Trinajstić information content (AvgIpc) is 3.06. The van der Waals surface area contributed by atoms with Gasteiger partial charge in [-0.3, -0.25) is 4.99 Å². The second kappa shape index (κ2) is 8.15. The molecule has 112 valence electrons. The summed E-state index contributed by atoms with van der Waals surface area (Å²) >= 11 is 9.55. The molecule has 2 atom stereocenters. The number of rotatable bonds is 5. The highest BCUT2D eigenvalue weighted by atomic mass is 35.5. The van der Waals surface area contributed by atoms with Gasteiger partial charge in [0.05, 0.1) is 4.34 Å². The van der Waals surface area contributed by atoms with Gasteiger partial charge in [-0.25, -0.2) is 0 Å². The molecule has 0 aliphatic heterocycles. The van der Waals surface area contributed by atoms with E-state index in [9.17, 15) is 0 Å². The van der Waals surface area contributed by atoms with Gasteiger partial charge in [-0.15, -0.1) is 11.3 Å². The van der Waals surface area contributed by atoms with E-state index in [0.717, 1.165) is 28.5 Å². The van der Waals surface area contributed by atoms with Crippen LogP contribution in [0.5, 0.6) is 0 Å². The predicted octanol–water partition coefficient (Wildman–Crippen LogP) is 3.39. The van der Waals surface area contributed by atoms with Crippen molar-refractivity contribution in [3.63, 3.8) is 0 Å². The molecule has 1 fully saturated rings. The highest BCUT2D eigenvalue weighted by Crippen LogP contribution is 2.28. The van der Waals surface area contributed by atoms with E-state index < -0.39 is 0 Å². The number of halogens is 1. The van der Waals surface area contributed by atoms with Crippen LogP contribution in [-0.2, 0) is 6.42 Å². The molecule has 0 radical (unpaired) electrons. The van der Waals surface area contributed by atoms with Crippen molar-refractivity contribution in [1.82, 2.24) is 10.6 Å². The third kappa shape index (κ3) is 4.86. The van der Waals surface area contributed by atoms with Crippen molar-refractivity contribution in [2.24, 2.45) is 4.99 Å². The summed E-state index contributed by atoms with van der Waals surface area (Å²) in [5, 5.41) is 7.71. The normalized spacial score (nSPS) is 23.1. The summed E-state index contributed by atoms with van der Waals surface area (Å²) in [4.78, 5) is 5.61. The number of hydrogen-bond donors (Lipinski definition) is 2. The van der Waals surface area contributed by atoms with E-state index in [0.29, 0.717) is 6.04 Å². The van der Waals surface area contributed by atoms with E-state index in [1.165, 1.54) is 24.1 Å². The fourth-order valence-electron chi connectivity index (χ4n) is 2.46. The van der Waals surface area contributed by atoms with Gasteiger partial charge in [0.2, 0.25) is 0 Å². The van der Waals surface area contributed by atoms with Crippen molar-refractivity contribution in [2.45, 2.75) is 37.0 Å². The fourth-order valence-corrected chi connectivity index (χ4v) is 4.35. The molecule has 1 aromatic rings. The Morgan fingerprint density at radius 1 is 1.50 bits per heavy atom. The van der Waals surface area contributed by atoms with Crippen LogP contribution in [0.3, 0.4) is 0 Å². The molecule has 1 heterocycles. The van der Waals surface area contributed by atoms with Gasteiger partial charge >= 0.3 is 0 Å². The highest BCUT2D eigenvalue weighted by Gasteiger charge is 2.24. The summed E-state index contributed by atoms with van der Waals surface area (Å²) in [6, 6.07) is 4.61. The molecule has 1 aliphatic carbocycles. The molecule has 1 aliphatic rings. The third-order valence-corrected chi connectivity index (χ3v) is 5.96. The van der Waals surface area contributed by atoms with Crippen LogP contribution in [0.2, 0.25) is 4.34 Å². The zero-order valence-corrected chi connectivity index (χ0v) is 14.4. The highest BCUT2D eigenvalue weighted by molar-refractivity contribution is 7.99. The molecule has 1 saturated carbocycles. The SMILES string of the molecule is CN=C(NCCc1ccc(Cl)s1)NC1CCC(SC)C1. The lowest BCUT2D eigenvalue weighted by atomic mass is 10.2. The summed E-state index contributed by atoms with van der Waals surface area (Å²) in [5.41, 5.74) is 0. The minimum Gasteiger partial charge on any atom is -0.356 e. The van der Waals surface area contributed by atoms with Crippen LogP contribution in [0.25, 0.3) is 0 Å². The monoisotopic (exact) mass is 331 g/mol. The molecule has 3 nitrogen and oxygen atoms in total. The minimum absolute atomic E-state index is 0.565. The van der Waals surface area contributed by atoms with Gasteiger partial charge in [0, 0.05) is 29.8 Å². The summed E-state index contributed by atoms with van der Waals surface area (Å²) in [5.74, 6) is 0.916. The Hall–Kier alpha value is -0.390. The molecule has 2 N–H and O–H groups in total. The molecule has 0 bridgehead atoms. The quantitative estimate of drug-likeness (QED) is 0.641. The van der Waals surface area contributed by atoms with Crippen LogP contribution in [0.4, 0.5) is 0 Å². The van der Waals surface area contributed by atoms with Crippen LogP contribution >= 0.6 is 34.7 Å². The van der Waals surface area contributed by atoms with Gasteiger partial charge < -0.3 is 10.6 Å². The Balaban J connectivity index is 1.70. The van der Waals surface area contributed by atoms with Crippen molar-refractivity contribution < 1.29 is 0 Å². The van der Waals surface area contributed by atoms with E-state index in [1.54, 1.807) is 11.3 Å². The van der Waals surface area contributed by atoms with Crippen molar-refractivity contribution in [3.05, 3.63) is 21.3 Å². The molecular weight excluding hydrogens is 310 g/mol. The van der Waals surface area contributed by atoms with Gasteiger partial charge in [-0.2, -0.15) is 11.8 Å². The molecule has 0 spiro atoms. The van der Waals surface area contributed by atoms with Crippen molar-refractivity contribution >= 4 is 40.7 Å². The number of nitrogens with one attached hydrogen (secondary N) is 2. The van der Waals surface area contributed by atoms with Crippen LogP contribution in [0, 0.1) is 0 Å². The van der Waals surface area contributed by atoms with Crippen LogP contribution < -0.4 is 10.6 Å². The first-order valence-electron chi connectivity index (χ1n) is 6.95. The zero-order valence-electron chi connectivity index (χ0n) is 12.0. The lowest BCUT2D eigenvalue weighted by molar-refractivity contribution is 0.615. The van der Waals surface area contributed by atoms with E-state index in [4.69, 9.17) is 11.6 Å². The number of aliphatic imine (C=N–C) groups is 1. The zero-order chi connectivity index (χ0) is 14.4. The van der Waals surface area contributed by atoms with Crippen molar-refractivity contribution in [1.29, 1.82) is 0 Å².